The Kier molecular flexibility index (Phi) is 6.47. The first-order valence-corrected chi connectivity index (χ1v) is 11.0. The van der Waals surface area contributed by atoms with Gasteiger partial charge in [-0.15, -0.1) is 0 Å². The molecule has 24 heavy (non-hydrogen) atoms. The highest BCUT2D eigenvalue weighted by Gasteiger charge is 2.40. The zero-order valence-electron chi connectivity index (χ0n) is 16.1. The highest BCUT2D eigenvalue weighted by Crippen LogP contribution is 2.44. The molecule has 0 heterocycles. The van der Waals surface area contributed by atoms with Crippen molar-refractivity contribution in [1.82, 2.24) is 0 Å². The van der Waals surface area contributed by atoms with Crippen molar-refractivity contribution in [2.45, 2.75) is 58.3 Å². The maximum atomic E-state index is 10.9. The summed E-state index contributed by atoms with van der Waals surface area (Å²) in [5.41, 5.74) is 7.51. The molecule has 1 aromatic carbocycles. The summed E-state index contributed by atoms with van der Waals surface area (Å²) in [4.78, 5) is 10.9. The number of aldehydes is 1. The maximum Gasteiger partial charge on any atom is 0.250 e. The Morgan fingerprint density at radius 2 is 1.75 bits per heavy atom. The highest BCUT2D eigenvalue weighted by molar-refractivity contribution is 6.74. The molecule has 0 aromatic heterocycles. The Morgan fingerprint density at radius 1 is 1.21 bits per heavy atom. The predicted octanol–water partition coefficient (Wildman–Crippen LogP) is 3.46. The highest BCUT2D eigenvalue weighted by atomic mass is 28.4. The number of carbonyl (C=O) groups is 1. The molecule has 0 aliphatic carbocycles. The van der Waals surface area contributed by atoms with Gasteiger partial charge in [-0.05, 0) is 37.5 Å². The van der Waals surface area contributed by atoms with E-state index >= 15 is 0 Å². The molecule has 1 aromatic rings. The molecule has 0 aliphatic heterocycles. The Hall–Kier alpha value is -1.53. The molecular formula is C18H31NO4Si. The average Bonchev–Trinajstić information content (AvgIpc) is 2.46. The van der Waals surface area contributed by atoms with E-state index in [9.17, 15) is 4.79 Å². The smallest absolute Gasteiger partial charge is 0.250 e. The van der Waals surface area contributed by atoms with E-state index in [0.29, 0.717) is 23.7 Å². The molecule has 0 saturated carbocycles. The lowest BCUT2D eigenvalue weighted by Gasteiger charge is -2.37. The van der Waals surface area contributed by atoms with Crippen LogP contribution in [0.3, 0.4) is 0 Å². The second-order valence-electron chi connectivity index (χ2n) is 7.59. The molecule has 1 atom stereocenters. The zero-order valence-corrected chi connectivity index (χ0v) is 17.1. The summed E-state index contributed by atoms with van der Waals surface area (Å²) >= 11 is 0. The summed E-state index contributed by atoms with van der Waals surface area (Å²) in [5.74, 6) is 2.04. The fraction of sp³-hybridized carbons (Fsp3) is 0.611. The van der Waals surface area contributed by atoms with E-state index in [0.717, 1.165) is 17.4 Å². The molecule has 0 bridgehead atoms. The number of methoxy groups -OCH3 is 2. The molecule has 0 saturated heterocycles. The van der Waals surface area contributed by atoms with Gasteiger partial charge >= 0.3 is 0 Å². The fourth-order valence-electron chi connectivity index (χ4n) is 2.31. The van der Waals surface area contributed by atoms with Gasteiger partial charge in [0.05, 0.1) is 20.3 Å². The predicted molar refractivity (Wildman–Crippen MR) is 99.9 cm³/mol. The first-order valence-electron chi connectivity index (χ1n) is 8.12. The zero-order chi connectivity index (χ0) is 18.7. The van der Waals surface area contributed by atoms with Crippen molar-refractivity contribution in [2.24, 2.45) is 5.73 Å². The van der Waals surface area contributed by atoms with Crippen molar-refractivity contribution in [2.75, 3.05) is 14.2 Å². The summed E-state index contributed by atoms with van der Waals surface area (Å²) < 4.78 is 17.6. The Morgan fingerprint density at radius 3 is 2.17 bits per heavy atom. The van der Waals surface area contributed by atoms with Crippen LogP contribution in [0, 0.1) is 6.92 Å². The molecule has 2 N–H and O–H groups in total. The monoisotopic (exact) mass is 353 g/mol. The topological polar surface area (TPSA) is 70.8 Å². The lowest BCUT2D eigenvalue weighted by Crippen LogP contribution is -2.44. The average molecular weight is 354 g/mol. The van der Waals surface area contributed by atoms with Crippen molar-refractivity contribution in [1.29, 1.82) is 0 Å². The number of ether oxygens (including phenoxy) is 2. The minimum absolute atomic E-state index is 0.0607. The van der Waals surface area contributed by atoms with Crippen LogP contribution < -0.4 is 19.6 Å². The van der Waals surface area contributed by atoms with Crippen molar-refractivity contribution in [3.63, 3.8) is 0 Å². The number of hydrogen-bond donors (Lipinski definition) is 1. The van der Waals surface area contributed by atoms with E-state index in [1.165, 1.54) is 0 Å². The Balaban J connectivity index is 3.45. The molecule has 0 aliphatic rings. The summed E-state index contributed by atoms with van der Waals surface area (Å²) in [6, 6.07) is 1.32. The van der Waals surface area contributed by atoms with Crippen LogP contribution in [0.5, 0.6) is 17.2 Å². The molecule has 0 unspecified atom stereocenters. The molecule has 0 amide bonds. The lowest BCUT2D eigenvalue weighted by molar-refractivity contribution is -0.108. The third-order valence-electron chi connectivity index (χ3n) is 4.71. The number of benzene rings is 1. The van der Waals surface area contributed by atoms with Crippen LogP contribution in [0.4, 0.5) is 0 Å². The van der Waals surface area contributed by atoms with E-state index in [2.05, 4.69) is 33.9 Å². The van der Waals surface area contributed by atoms with Crippen LogP contribution in [-0.2, 0) is 11.2 Å². The third kappa shape index (κ3) is 4.30. The number of nitrogens with two attached hydrogens (primary N) is 1. The van der Waals surface area contributed by atoms with Gasteiger partial charge in [-0.3, -0.25) is 0 Å². The van der Waals surface area contributed by atoms with Crippen molar-refractivity contribution < 1.29 is 18.7 Å². The fourth-order valence-corrected chi connectivity index (χ4v) is 3.32. The van der Waals surface area contributed by atoms with E-state index in [1.54, 1.807) is 14.2 Å². The summed E-state index contributed by atoms with van der Waals surface area (Å²) in [5, 5.41) is 0.0607. The molecule has 0 fully saturated rings. The maximum absolute atomic E-state index is 10.9. The largest absolute Gasteiger partial charge is 0.541 e. The van der Waals surface area contributed by atoms with Gasteiger partial charge in [-0.1, -0.05) is 20.8 Å². The Labute approximate surface area is 146 Å². The van der Waals surface area contributed by atoms with Crippen LogP contribution in [0.15, 0.2) is 6.07 Å². The molecular weight excluding hydrogens is 322 g/mol. The van der Waals surface area contributed by atoms with Gasteiger partial charge in [0.2, 0.25) is 0 Å². The molecule has 5 nitrogen and oxygen atoms in total. The van der Waals surface area contributed by atoms with Crippen molar-refractivity contribution in [3.05, 3.63) is 17.2 Å². The standard InChI is InChI=1S/C18H31NO4Si/c1-12-16(21-5)13(9-14(19)11-20)10-15(17(12)22-6)23-24(7,8)18(2,3)4/h10-11,14H,9,19H2,1-8H3/t14-/m0/s1. The summed E-state index contributed by atoms with van der Waals surface area (Å²) in [6.07, 6.45) is 1.14. The van der Waals surface area contributed by atoms with Gasteiger partial charge in [0.1, 0.15) is 17.8 Å². The van der Waals surface area contributed by atoms with Gasteiger partial charge in [-0.2, -0.15) is 0 Å². The molecule has 0 radical (unpaired) electrons. The van der Waals surface area contributed by atoms with Gasteiger partial charge in [0.15, 0.2) is 5.75 Å². The second kappa shape index (κ2) is 7.57. The minimum atomic E-state index is -2.04. The normalized spacial score (nSPS) is 13.4. The second-order valence-corrected chi connectivity index (χ2v) is 12.3. The lowest BCUT2D eigenvalue weighted by atomic mass is 10.0. The van der Waals surface area contributed by atoms with E-state index in [1.807, 2.05) is 13.0 Å². The third-order valence-corrected chi connectivity index (χ3v) is 9.05. The number of hydrogen-bond acceptors (Lipinski definition) is 5. The van der Waals surface area contributed by atoms with E-state index in [4.69, 9.17) is 19.6 Å². The molecule has 6 heteroatoms. The Bertz CT molecular complexity index is 594. The number of carbonyl (C=O) groups excluding carboxylic acids is 1. The van der Waals surface area contributed by atoms with E-state index in [-0.39, 0.29) is 5.04 Å². The number of rotatable bonds is 7. The summed E-state index contributed by atoms with van der Waals surface area (Å²) in [6.45, 7) is 12.8. The van der Waals surface area contributed by atoms with Crippen LogP contribution in [0.2, 0.25) is 18.1 Å². The quantitative estimate of drug-likeness (QED) is 0.600. The van der Waals surface area contributed by atoms with Crippen LogP contribution in [0.1, 0.15) is 31.9 Å². The first-order chi connectivity index (χ1) is 11.0. The SMILES string of the molecule is COc1c(C[C@H](N)C=O)cc(O[Si](C)(C)C(C)(C)C)c(OC)c1C. The van der Waals surface area contributed by atoms with Crippen molar-refractivity contribution in [3.8, 4) is 17.2 Å². The van der Waals surface area contributed by atoms with E-state index < -0.39 is 14.4 Å². The van der Waals surface area contributed by atoms with Gasteiger partial charge in [0.25, 0.3) is 8.32 Å². The summed E-state index contributed by atoms with van der Waals surface area (Å²) in [7, 11) is 1.19. The molecule has 0 spiro atoms. The molecule has 1 rings (SSSR count). The van der Waals surface area contributed by atoms with Crippen molar-refractivity contribution >= 4 is 14.6 Å². The minimum Gasteiger partial charge on any atom is -0.541 e. The van der Waals surface area contributed by atoms with Crippen LogP contribution >= 0.6 is 0 Å². The van der Waals surface area contributed by atoms with Gasteiger partial charge in [0, 0.05) is 11.1 Å². The van der Waals surface area contributed by atoms with Crippen LogP contribution in [0.25, 0.3) is 0 Å². The molecule has 136 valence electrons. The van der Waals surface area contributed by atoms with Gasteiger partial charge in [-0.25, -0.2) is 0 Å². The van der Waals surface area contributed by atoms with Crippen LogP contribution in [-0.4, -0.2) is 34.9 Å². The van der Waals surface area contributed by atoms with Gasteiger partial charge < -0.3 is 24.4 Å². The first kappa shape index (κ1) is 20.5.